The fourth-order valence-corrected chi connectivity index (χ4v) is 5.35. The van der Waals surface area contributed by atoms with Crippen LogP contribution in [0.3, 0.4) is 0 Å². The number of hydrogen-bond acceptors (Lipinski definition) is 2. The van der Waals surface area contributed by atoms with E-state index in [1.54, 1.807) is 17.0 Å². The molecule has 4 atom stereocenters. The van der Waals surface area contributed by atoms with Gasteiger partial charge in [-0.3, -0.25) is 0 Å². The van der Waals surface area contributed by atoms with Crippen molar-refractivity contribution in [1.29, 1.82) is 0 Å². The predicted molar refractivity (Wildman–Crippen MR) is 100 cm³/mol. The number of alkyl halides is 3. The SMILES string of the molecule is C[C@]1(O)CCC(c2cc(NC(=O)N3C4CC3CC(C(F)(F)F)C4)ccc2Cl)C1. The van der Waals surface area contributed by atoms with Gasteiger partial charge >= 0.3 is 12.2 Å². The summed E-state index contributed by atoms with van der Waals surface area (Å²) in [4.78, 5) is 14.2. The number of carbonyl (C=O) groups excluding carboxylic acids is 1. The highest BCUT2D eigenvalue weighted by Gasteiger charge is 2.54. The van der Waals surface area contributed by atoms with E-state index in [9.17, 15) is 23.1 Å². The monoisotopic (exact) mass is 416 g/mol. The standard InChI is InChI=1S/C20H24ClF3N2O2/c1-19(28)5-4-11(10-19)16-8-13(2-3-17(16)21)25-18(27)26-14-6-12(20(22,23)24)7-15(26)9-14/h2-3,8,11-12,14-15,28H,4-7,9-10H2,1H3,(H,25,27)/t11?,12?,14?,15?,19-/m0/s1. The van der Waals surface area contributed by atoms with Crippen LogP contribution in [0.2, 0.25) is 5.02 Å². The number of anilines is 1. The zero-order chi connectivity index (χ0) is 20.3. The number of likely N-dealkylation sites (tertiary alicyclic amines) is 1. The van der Waals surface area contributed by atoms with Gasteiger partial charge in [0.25, 0.3) is 0 Å². The van der Waals surface area contributed by atoms with Crippen LogP contribution >= 0.6 is 11.6 Å². The van der Waals surface area contributed by atoms with Crippen LogP contribution in [0.25, 0.3) is 0 Å². The van der Waals surface area contributed by atoms with Crippen LogP contribution in [0.1, 0.15) is 56.9 Å². The number of aliphatic hydroxyl groups is 1. The van der Waals surface area contributed by atoms with Gasteiger partial charge in [-0.25, -0.2) is 4.79 Å². The first-order valence-corrected chi connectivity index (χ1v) is 10.1. The van der Waals surface area contributed by atoms with Crippen LogP contribution in [0.5, 0.6) is 0 Å². The molecular weight excluding hydrogens is 393 g/mol. The Balaban J connectivity index is 1.43. The van der Waals surface area contributed by atoms with Gasteiger partial charge in [-0.15, -0.1) is 0 Å². The van der Waals surface area contributed by atoms with Crippen LogP contribution in [-0.2, 0) is 0 Å². The topological polar surface area (TPSA) is 52.6 Å². The minimum Gasteiger partial charge on any atom is -0.390 e. The lowest BCUT2D eigenvalue weighted by molar-refractivity contribution is -0.205. The maximum Gasteiger partial charge on any atom is 0.391 e. The average Bonchev–Trinajstić information content (AvgIpc) is 2.95. The number of fused-ring (bicyclic) bond motifs is 2. The number of rotatable bonds is 2. The molecule has 3 fully saturated rings. The van der Waals surface area contributed by atoms with Crippen molar-refractivity contribution in [2.75, 3.05) is 5.32 Å². The molecule has 1 heterocycles. The second kappa shape index (κ2) is 6.80. The van der Waals surface area contributed by atoms with E-state index in [1.165, 1.54) is 0 Å². The molecule has 154 valence electrons. The number of nitrogens with zero attached hydrogens (tertiary/aromatic N) is 1. The zero-order valence-electron chi connectivity index (χ0n) is 15.6. The summed E-state index contributed by atoms with van der Waals surface area (Å²) in [6, 6.07) is 4.19. The Bertz CT molecular complexity index is 771. The number of amides is 2. The van der Waals surface area contributed by atoms with Crippen LogP contribution < -0.4 is 5.32 Å². The van der Waals surface area contributed by atoms with Crippen molar-refractivity contribution >= 4 is 23.3 Å². The fourth-order valence-electron chi connectivity index (χ4n) is 5.08. The van der Waals surface area contributed by atoms with Crippen molar-refractivity contribution in [2.45, 2.75) is 75.2 Å². The summed E-state index contributed by atoms with van der Waals surface area (Å²) in [5.74, 6) is -1.19. The number of urea groups is 1. The third-order valence-electron chi connectivity index (χ3n) is 6.55. The molecule has 8 heteroatoms. The molecule has 0 radical (unpaired) electrons. The maximum absolute atomic E-state index is 12.9. The molecule has 1 saturated heterocycles. The second-order valence-corrected chi connectivity index (χ2v) is 9.17. The lowest BCUT2D eigenvalue weighted by Crippen LogP contribution is -2.65. The van der Waals surface area contributed by atoms with Gasteiger partial charge in [-0.1, -0.05) is 11.6 Å². The Hall–Kier alpha value is -1.47. The Morgan fingerprint density at radius 1 is 1.29 bits per heavy atom. The third kappa shape index (κ3) is 3.71. The van der Waals surface area contributed by atoms with E-state index in [2.05, 4.69) is 5.32 Å². The van der Waals surface area contributed by atoms with E-state index in [1.807, 2.05) is 13.0 Å². The summed E-state index contributed by atoms with van der Waals surface area (Å²) in [6.45, 7) is 1.81. The highest BCUT2D eigenvalue weighted by atomic mass is 35.5. The Labute approximate surface area is 167 Å². The van der Waals surface area contributed by atoms with Crippen molar-refractivity contribution in [3.8, 4) is 0 Å². The lowest BCUT2D eigenvalue weighted by Gasteiger charge is -2.55. The highest BCUT2D eigenvalue weighted by Crippen LogP contribution is 2.47. The van der Waals surface area contributed by atoms with Crippen molar-refractivity contribution < 1.29 is 23.1 Å². The number of halogens is 4. The van der Waals surface area contributed by atoms with Gasteiger partial charge in [0.15, 0.2) is 0 Å². The van der Waals surface area contributed by atoms with Gasteiger partial charge in [-0.2, -0.15) is 13.2 Å². The summed E-state index contributed by atoms with van der Waals surface area (Å²) < 4.78 is 38.8. The van der Waals surface area contributed by atoms with Crippen LogP contribution in [-0.4, -0.2) is 39.9 Å². The van der Waals surface area contributed by atoms with E-state index in [0.29, 0.717) is 30.0 Å². The van der Waals surface area contributed by atoms with Crippen molar-refractivity contribution in [2.24, 2.45) is 5.92 Å². The first-order valence-electron chi connectivity index (χ1n) is 9.71. The molecule has 28 heavy (non-hydrogen) atoms. The maximum atomic E-state index is 12.9. The van der Waals surface area contributed by atoms with E-state index in [-0.39, 0.29) is 36.9 Å². The van der Waals surface area contributed by atoms with Crippen molar-refractivity contribution in [3.05, 3.63) is 28.8 Å². The Morgan fingerprint density at radius 2 is 1.96 bits per heavy atom. The average molecular weight is 417 g/mol. The normalized spacial score (nSPS) is 34.9. The van der Waals surface area contributed by atoms with Crippen LogP contribution in [0, 0.1) is 5.92 Å². The quantitative estimate of drug-likeness (QED) is 0.686. The minimum absolute atomic E-state index is 0.0174. The first-order chi connectivity index (χ1) is 13.0. The molecule has 1 aromatic carbocycles. The van der Waals surface area contributed by atoms with E-state index in [0.717, 1.165) is 12.0 Å². The summed E-state index contributed by atoms with van der Waals surface area (Å²) in [7, 11) is 0. The minimum atomic E-state index is -4.19. The second-order valence-electron chi connectivity index (χ2n) is 8.76. The molecular formula is C20H24ClF3N2O2. The van der Waals surface area contributed by atoms with Crippen LogP contribution in [0.15, 0.2) is 18.2 Å². The van der Waals surface area contributed by atoms with Crippen LogP contribution in [0.4, 0.5) is 23.7 Å². The molecule has 0 spiro atoms. The molecule has 1 aliphatic heterocycles. The van der Waals surface area contributed by atoms with Gasteiger partial charge in [0.2, 0.25) is 0 Å². The van der Waals surface area contributed by atoms with Gasteiger partial charge in [0, 0.05) is 22.8 Å². The van der Waals surface area contributed by atoms with Gasteiger partial charge in [-0.05, 0) is 75.1 Å². The molecule has 2 saturated carbocycles. The third-order valence-corrected chi connectivity index (χ3v) is 6.89. The van der Waals surface area contributed by atoms with E-state index in [4.69, 9.17) is 11.6 Å². The summed E-state index contributed by atoms with van der Waals surface area (Å²) in [6.07, 6.45) is -1.45. The lowest BCUT2D eigenvalue weighted by atomic mass is 9.73. The predicted octanol–water partition coefficient (Wildman–Crippen LogP) is 5.31. The van der Waals surface area contributed by atoms with E-state index >= 15 is 0 Å². The number of piperidine rings is 1. The largest absolute Gasteiger partial charge is 0.391 e. The molecule has 3 aliphatic rings. The molecule has 4 nitrogen and oxygen atoms in total. The highest BCUT2D eigenvalue weighted by molar-refractivity contribution is 6.31. The summed E-state index contributed by atoms with van der Waals surface area (Å²) in [5.41, 5.74) is 0.753. The molecule has 3 unspecified atom stereocenters. The molecule has 2 N–H and O–H groups in total. The number of benzene rings is 1. The number of carbonyl (C=O) groups is 1. The fraction of sp³-hybridized carbons (Fsp3) is 0.650. The Morgan fingerprint density at radius 3 is 2.54 bits per heavy atom. The zero-order valence-corrected chi connectivity index (χ0v) is 16.4. The van der Waals surface area contributed by atoms with Gasteiger partial charge in [0.1, 0.15) is 0 Å². The first kappa shape index (κ1) is 19.8. The summed E-state index contributed by atoms with van der Waals surface area (Å²) in [5, 5.41) is 13.6. The Kier molecular flexibility index (Phi) is 4.82. The summed E-state index contributed by atoms with van der Waals surface area (Å²) >= 11 is 6.33. The molecule has 1 aromatic rings. The molecule has 0 aromatic heterocycles. The molecule has 2 aliphatic carbocycles. The molecule has 4 rings (SSSR count). The molecule has 2 amide bonds. The smallest absolute Gasteiger partial charge is 0.390 e. The van der Waals surface area contributed by atoms with Crippen molar-refractivity contribution in [1.82, 2.24) is 4.90 Å². The van der Waals surface area contributed by atoms with Gasteiger partial charge < -0.3 is 15.3 Å². The number of hydrogen-bond donors (Lipinski definition) is 2. The van der Waals surface area contributed by atoms with E-state index < -0.39 is 17.7 Å². The van der Waals surface area contributed by atoms with Crippen molar-refractivity contribution in [3.63, 3.8) is 0 Å². The van der Waals surface area contributed by atoms with Gasteiger partial charge in [0.05, 0.1) is 11.5 Å². The molecule has 2 bridgehead atoms. The number of nitrogens with one attached hydrogen (secondary N) is 1.